The highest BCUT2D eigenvalue weighted by Crippen LogP contribution is 2.20. The fraction of sp³-hybridized carbons (Fsp3) is 0.417. The van der Waals surface area contributed by atoms with E-state index in [4.69, 9.17) is 17.4 Å². The molecule has 1 heterocycles. The molecule has 92 valence electrons. The van der Waals surface area contributed by atoms with Gasteiger partial charge >= 0.3 is 0 Å². The maximum atomic E-state index is 11.6. The van der Waals surface area contributed by atoms with E-state index in [0.717, 1.165) is 36.5 Å². The van der Waals surface area contributed by atoms with Gasteiger partial charge in [-0.05, 0) is 37.1 Å². The number of nitrogens with zero attached hydrogens (tertiary/aromatic N) is 1. The topological polar surface area (TPSA) is 58.4 Å². The van der Waals surface area contributed by atoms with Crippen LogP contribution in [0.1, 0.15) is 18.4 Å². The average molecular weight is 254 g/mol. The Kier molecular flexibility index (Phi) is 3.99. The van der Waals surface area contributed by atoms with Crippen LogP contribution in [0.15, 0.2) is 24.3 Å². The lowest BCUT2D eigenvalue weighted by Gasteiger charge is -2.22. The number of benzene rings is 1. The number of likely N-dealkylation sites (tertiary alicyclic amines) is 1. The van der Waals surface area contributed by atoms with Gasteiger partial charge in [-0.15, -0.1) is 0 Å². The van der Waals surface area contributed by atoms with E-state index < -0.39 is 0 Å². The van der Waals surface area contributed by atoms with Gasteiger partial charge < -0.3 is 0 Å². The molecule has 3 N–H and O–H groups in total. The maximum Gasteiger partial charge on any atom is 0.251 e. The van der Waals surface area contributed by atoms with Crippen LogP contribution < -0.4 is 11.3 Å². The van der Waals surface area contributed by atoms with E-state index >= 15 is 0 Å². The minimum absolute atomic E-state index is 0.100. The first-order valence-corrected chi connectivity index (χ1v) is 6.07. The third kappa shape index (κ3) is 2.97. The molecule has 0 unspecified atom stereocenters. The lowest BCUT2D eigenvalue weighted by molar-refractivity contribution is -0.125. The minimum atomic E-state index is -0.101. The first-order valence-electron chi connectivity index (χ1n) is 5.69. The van der Waals surface area contributed by atoms with E-state index in [2.05, 4.69) is 10.3 Å². The van der Waals surface area contributed by atoms with Gasteiger partial charge in [-0.1, -0.05) is 23.7 Å². The summed E-state index contributed by atoms with van der Waals surface area (Å²) in [6.07, 6.45) is 1.91. The van der Waals surface area contributed by atoms with Crippen LogP contribution in [0, 0.1) is 0 Å². The zero-order valence-corrected chi connectivity index (χ0v) is 10.3. The van der Waals surface area contributed by atoms with E-state index in [1.807, 2.05) is 24.3 Å². The molecule has 1 fully saturated rings. The van der Waals surface area contributed by atoms with Crippen LogP contribution in [0.25, 0.3) is 0 Å². The fourth-order valence-corrected chi connectivity index (χ4v) is 2.36. The molecule has 1 atom stereocenters. The molecular formula is C12H16ClN3O. The number of nitrogens with two attached hydrogens (primary N) is 1. The van der Waals surface area contributed by atoms with Crippen molar-refractivity contribution in [1.29, 1.82) is 0 Å². The van der Waals surface area contributed by atoms with Crippen LogP contribution in [0.5, 0.6) is 0 Å². The molecule has 0 spiro atoms. The number of carbonyl (C=O) groups is 1. The Morgan fingerprint density at radius 2 is 2.18 bits per heavy atom. The summed E-state index contributed by atoms with van der Waals surface area (Å²) in [6.45, 7) is 1.69. The van der Waals surface area contributed by atoms with Crippen molar-refractivity contribution in [2.45, 2.75) is 25.4 Å². The third-order valence-electron chi connectivity index (χ3n) is 3.11. The molecule has 0 saturated carbocycles. The molecule has 1 aliphatic heterocycles. The van der Waals surface area contributed by atoms with Crippen molar-refractivity contribution in [3.05, 3.63) is 34.9 Å². The highest BCUT2D eigenvalue weighted by molar-refractivity contribution is 6.30. The Morgan fingerprint density at radius 3 is 2.82 bits per heavy atom. The van der Waals surface area contributed by atoms with Crippen LogP contribution in [-0.2, 0) is 11.3 Å². The lowest BCUT2D eigenvalue weighted by Crippen LogP contribution is -2.45. The summed E-state index contributed by atoms with van der Waals surface area (Å²) < 4.78 is 0. The Morgan fingerprint density at radius 1 is 1.47 bits per heavy atom. The normalized spacial score (nSPS) is 20.5. The zero-order chi connectivity index (χ0) is 12.3. The van der Waals surface area contributed by atoms with E-state index in [0.29, 0.717) is 0 Å². The van der Waals surface area contributed by atoms with Crippen LogP contribution in [0.4, 0.5) is 0 Å². The molecule has 1 aliphatic rings. The summed E-state index contributed by atoms with van der Waals surface area (Å²) in [5, 5.41) is 0.728. The number of hydrazine groups is 1. The maximum absolute atomic E-state index is 11.6. The van der Waals surface area contributed by atoms with Crippen molar-refractivity contribution in [1.82, 2.24) is 10.3 Å². The molecule has 17 heavy (non-hydrogen) atoms. The van der Waals surface area contributed by atoms with Crippen molar-refractivity contribution in [2.24, 2.45) is 5.84 Å². The number of carbonyl (C=O) groups excluding carboxylic acids is 1. The molecule has 1 saturated heterocycles. The second kappa shape index (κ2) is 5.49. The SMILES string of the molecule is NNC(=O)[C@@H]1CCCN1Cc1ccc(Cl)cc1. The molecule has 0 aliphatic carbocycles. The molecule has 1 amide bonds. The molecular weight excluding hydrogens is 238 g/mol. The van der Waals surface area contributed by atoms with Gasteiger partial charge in [-0.2, -0.15) is 0 Å². The summed E-state index contributed by atoms with van der Waals surface area (Å²) in [5.41, 5.74) is 3.39. The summed E-state index contributed by atoms with van der Waals surface area (Å²) >= 11 is 5.84. The van der Waals surface area contributed by atoms with E-state index in [1.54, 1.807) is 0 Å². The number of hydrogen-bond donors (Lipinski definition) is 2. The van der Waals surface area contributed by atoms with Crippen molar-refractivity contribution in [3.8, 4) is 0 Å². The van der Waals surface area contributed by atoms with E-state index in [-0.39, 0.29) is 11.9 Å². The van der Waals surface area contributed by atoms with Crippen LogP contribution in [0.2, 0.25) is 5.02 Å². The molecule has 1 aromatic rings. The summed E-state index contributed by atoms with van der Waals surface area (Å²) in [7, 11) is 0. The first-order chi connectivity index (χ1) is 8.20. The zero-order valence-electron chi connectivity index (χ0n) is 9.53. The monoisotopic (exact) mass is 253 g/mol. The van der Waals surface area contributed by atoms with Crippen LogP contribution in [0.3, 0.4) is 0 Å². The summed E-state index contributed by atoms with van der Waals surface area (Å²) in [4.78, 5) is 13.7. The van der Waals surface area contributed by atoms with Gasteiger partial charge in [0.15, 0.2) is 0 Å². The number of nitrogens with one attached hydrogen (secondary N) is 1. The fourth-order valence-electron chi connectivity index (χ4n) is 2.23. The molecule has 4 nitrogen and oxygen atoms in total. The Bertz CT molecular complexity index is 393. The molecule has 0 bridgehead atoms. The molecule has 2 rings (SSSR count). The predicted molar refractivity (Wildman–Crippen MR) is 67.2 cm³/mol. The highest BCUT2D eigenvalue weighted by Gasteiger charge is 2.29. The highest BCUT2D eigenvalue weighted by atomic mass is 35.5. The van der Waals surface area contributed by atoms with Gasteiger partial charge in [0.2, 0.25) is 0 Å². The van der Waals surface area contributed by atoms with Crippen molar-refractivity contribution >= 4 is 17.5 Å². The van der Waals surface area contributed by atoms with Gasteiger partial charge in [0.1, 0.15) is 0 Å². The molecule has 5 heteroatoms. The van der Waals surface area contributed by atoms with Gasteiger partial charge in [0.25, 0.3) is 5.91 Å². The predicted octanol–water partition coefficient (Wildman–Crippen LogP) is 1.29. The standard InChI is InChI=1S/C12H16ClN3O/c13-10-5-3-9(4-6-10)8-16-7-1-2-11(16)12(17)15-14/h3-6,11H,1-2,7-8,14H2,(H,15,17)/t11-/m0/s1. The van der Waals surface area contributed by atoms with Crippen molar-refractivity contribution in [3.63, 3.8) is 0 Å². The second-order valence-electron chi connectivity index (χ2n) is 4.26. The minimum Gasteiger partial charge on any atom is -0.293 e. The Labute approximate surface area is 106 Å². The van der Waals surface area contributed by atoms with Crippen molar-refractivity contribution in [2.75, 3.05) is 6.54 Å². The van der Waals surface area contributed by atoms with Crippen LogP contribution in [-0.4, -0.2) is 23.4 Å². The van der Waals surface area contributed by atoms with Gasteiger partial charge in [-0.3, -0.25) is 15.1 Å². The largest absolute Gasteiger partial charge is 0.293 e. The summed E-state index contributed by atoms with van der Waals surface area (Å²) in [6, 6.07) is 7.60. The van der Waals surface area contributed by atoms with Gasteiger partial charge in [0, 0.05) is 11.6 Å². The third-order valence-corrected chi connectivity index (χ3v) is 3.36. The first kappa shape index (κ1) is 12.4. The van der Waals surface area contributed by atoms with Gasteiger partial charge in [0.05, 0.1) is 6.04 Å². The lowest BCUT2D eigenvalue weighted by atomic mass is 10.2. The molecule has 1 aromatic carbocycles. The van der Waals surface area contributed by atoms with E-state index in [1.165, 1.54) is 0 Å². The number of amides is 1. The smallest absolute Gasteiger partial charge is 0.251 e. The Hall–Kier alpha value is -1.10. The number of halogens is 1. The second-order valence-corrected chi connectivity index (χ2v) is 4.70. The van der Waals surface area contributed by atoms with Crippen molar-refractivity contribution < 1.29 is 4.79 Å². The number of rotatable bonds is 3. The molecule has 0 radical (unpaired) electrons. The Balaban J connectivity index is 2.02. The molecule has 0 aromatic heterocycles. The van der Waals surface area contributed by atoms with E-state index in [9.17, 15) is 4.79 Å². The summed E-state index contributed by atoms with van der Waals surface area (Å²) in [5.74, 6) is 5.08. The quantitative estimate of drug-likeness (QED) is 0.485. The van der Waals surface area contributed by atoms with Gasteiger partial charge in [-0.25, -0.2) is 5.84 Å². The van der Waals surface area contributed by atoms with Crippen LogP contribution >= 0.6 is 11.6 Å². The average Bonchev–Trinajstić information content (AvgIpc) is 2.79. The number of hydrogen-bond acceptors (Lipinski definition) is 3.